The molecule has 5 aromatic rings. The van der Waals surface area contributed by atoms with Crippen LogP contribution < -0.4 is 10.6 Å². The Morgan fingerprint density at radius 2 is 1.79 bits per heavy atom. The Hall–Kier alpha value is -4.41. The lowest BCUT2D eigenvalue weighted by Crippen LogP contribution is -2.21. The van der Waals surface area contributed by atoms with Crippen LogP contribution >= 0.6 is 34.2 Å². The average molecular weight is 700 g/mol. The molecular weight excluding hydrogens is 682 g/mol. The number of carbonyl (C=O) groups excluding carboxylic acids is 2. The van der Waals surface area contributed by atoms with E-state index in [4.69, 9.17) is 18.0 Å². The van der Waals surface area contributed by atoms with Gasteiger partial charge in [0.1, 0.15) is 5.69 Å². The van der Waals surface area contributed by atoms with E-state index in [1.54, 1.807) is 60.7 Å². The molecule has 2 N–H and O–H groups in total. The van der Waals surface area contributed by atoms with Crippen molar-refractivity contribution in [1.29, 1.82) is 0 Å². The van der Waals surface area contributed by atoms with Gasteiger partial charge in [-0.1, -0.05) is 76.5 Å². The maximum absolute atomic E-state index is 13.7. The second-order valence-corrected chi connectivity index (χ2v) is 10.1. The number of rotatable bonds is 6. The summed E-state index contributed by atoms with van der Waals surface area (Å²) in [7, 11) is 0. The molecular formula is C30H18ClF3IN5O2. The van der Waals surface area contributed by atoms with E-state index in [0.29, 0.717) is 38.1 Å². The molecule has 0 bridgehead atoms. The highest BCUT2D eigenvalue weighted by Crippen LogP contribution is 2.36. The molecule has 2 aromatic heterocycles. The van der Waals surface area contributed by atoms with Gasteiger partial charge in [-0.25, -0.2) is 9.67 Å². The first-order chi connectivity index (χ1) is 20.1. The Labute approximate surface area is 256 Å². The molecule has 0 radical (unpaired) electrons. The van der Waals surface area contributed by atoms with Crippen LogP contribution in [0, 0.1) is 12.3 Å². The Morgan fingerprint density at radius 1 is 1.00 bits per heavy atom. The summed E-state index contributed by atoms with van der Waals surface area (Å²) >= 11 is 8.76. The number of anilines is 2. The minimum absolute atomic E-state index is 0.0222. The van der Waals surface area contributed by atoms with Gasteiger partial charge in [-0.3, -0.25) is 9.59 Å². The van der Waals surface area contributed by atoms with Gasteiger partial charge < -0.3 is 10.6 Å². The molecule has 2 amide bonds. The lowest BCUT2D eigenvalue weighted by molar-refractivity contribution is -0.141. The Bertz CT molecular complexity index is 1900. The topological polar surface area (TPSA) is 88.9 Å². The maximum atomic E-state index is 13.7. The number of hydrogen-bond donors (Lipinski definition) is 2. The molecule has 3 aromatic carbocycles. The fourth-order valence-corrected chi connectivity index (χ4v) is 5.15. The number of pyridine rings is 1. The number of halogens is 5. The molecule has 42 heavy (non-hydrogen) atoms. The third kappa shape index (κ3) is 5.81. The summed E-state index contributed by atoms with van der Waals surface area (Å²) in [5.41, 5.74) is -0.369. The fourth-order valence-electron chi connectivity index (χ4n) is 4.24. The summed E-state index contributed by atoms with van der Waals surface area (Å²) in [6.45, 7) is 0. The predicted molar refractivity (Wildman–Crippen MR) is 163 cm³/mol. The van der Waals surface area contributed by atoms with Crippen LogP contribution in [0.4, 0.5) is 24.5 Å². The van der Waals surface area contributed by atoms with Crippen molar-refractivity contribution in [3.8, 4) is 18.2 Å². The molecule has 0 fully saturated rings. The highest BCUT2D eigenvalue weighted by Gasteiger charge is 2.37. The first-order valence-electron chi connectivity index (χ1n) is 12.2. The second kappa shape index (κ2) is 11.8. The van der Waals surface area contributed by atoms with E-state index in [9.17, 15) is 22.8 Å². The Kier molecular flexibility index (Phi) is 8.20. The Balaban J connectivity index is 1.62. The van der Waals surface area contributed by atoms with Crippen LogP contribution in [-0.4, -0.2) is 26.6 Å². The smallest absolute Gasteiger partial charge is 0.322 e. The van der Waals surface area contributed by atoms with Gasteiger partial charge in [-0.15, -0.1) is 6.42 Å². The number of alkyl halides is 4. The quantitative estimate of drug-likeness (QED) is 0.109. The van der Waals surface area contributed by atoms with Gasteiger partial charge in [0.05, 0.1) is 16.3 Å². The minimum atomic E-state index is -4.84. The minimum Gasteiger partial charge on any atom is -0.322 e. The van der Waals surface area contributed by atoms with Gasteiger partial charge in [-0.05, 0) is 35.7 Å². The van der Waals surface area contributed by atoms with Crippen LogP contribution in [0.5, 0.6) is 0 Å². The summed E-state index contributed by atoms with van der Waals surface area (Å²) < 4.78 is 42.4. The van der Waals surface area contributed by atoms with Crippen LogP contribution in [0.2, 0.25) is 5.02 Å². The van der Waals surface area contributed by atoms with Crippen molar-refractivity contribution in [2.24, 2.45) is 0 Å². The number of nitrogens with one attached hydrogen (secondary N) is 2. The standard InChI is InChI=1S/C30H18ClF3IN5O2/c1-2-17-7-5-10-20(13-17)37-28(41)22-14-18-8-3-4-11-21(18)25(31)26(22)38-29(42)23-15-24(30(32,33)34)39-40(23)27-19(16-35)9-6-12-36-27/h1,3-15H,16H2,(H,37,41)(H,38,42). The molecule has 5 rings (SSSR count). The number of aromatic nitrogens is 3. The zero-order valence-electron chi connectivity index (χ0n) is 21.3. The first-order valence-corrected chi connectivity index (χ1v) is 14.1. The molecule has 2 heterocycles. The van der Waals surface area contributed by atoms with Crippen LogP contribution in [0.25, 0.3) is 16.6 Å². The fraction of sp³-hybridized carbons (Fsp3) is 0.0667. The number of benzene rings is 3. The van der Waals surface area contributed by atoms with E-state index in [-0.39, 0.29) is 22.1 Å². The van der Waals surface area contributed by atoms with E-state index in [2.05, 4.69) is 26.6 Å². The van der Waals surface area contributed by atoms with Crippen molar-refractivity contribution in [2.45, 2.75) is 10.6 Å². The summed E-state index contributed by atoms with van der Waals surface area (Å²) in [6, 6.07) is 18.9. The van der Waals surface area contributed by atoms with Crippen molar-refractivity contribution in [2.75, 3.05) is 10.6 Å². The van der Waals surface area contributed by atoms with Gasteiger partial charge in [0, 0.05) is 38.9 Å². The summed E-state index contributed by atoms with van der Waals surface area (Å²) in [6.07, 6.45) is 2.02. The van der Waals surface area contributed by atoms with Gasteiger partial charge in [-0.2, -0.15) is 18.3 Å². The number of amides is 2. The zero-order chi connectivity index (χ0) is 30.0. The molecule has 0 atom stereocenters. The van der Waals surface area contributed by atoms with Crippen LogP contribution in [0.1, 0.15) is 37.7 Å². The van der Waals surface area contributed by atoms with Crippen LogP contribution in [0.15, 0.2) is 79.0 Å². The molecule has 0 aliphatic heterocycles. The molecule has 0 aliphatic rings. The van der Waals surface area contributed by atoms with E-state index in [0.717, 1.165) is 4.68 Å². The number of nitrogens with zero attached hydrogens (tertiary/aromatic N) is 3. The lowest BCUT2D eigenvalue weighted by Gasteiger charge is -2.16. The molecule has 7 nitrogen and oxygen atoms in total. The van der Waals surface area contributed by atoms with Crippen LogP contribution in [0.3, 0.4) is 0 Å². The molecule has 0 aliphatic carbocycles. The normalized spacial score (nSPS) is 11.2. The summed E-state index contributed by atoms with van der Waals surface area (Å²) in [5, 5.41) is 10.1. The second-order valence-electron chi connectivity index (χ2n) is 8.91. The molecule has 0 spiro atoms. The van der Waals surface area contributed by atoms with Crippen molar-refractivity contribution >= 4 is 68.2 Å². The lowest BCUT2D eigenvalue weighted by atomic mass is 10.0. The van der Waals surface area contributed by atoms with Gasteiger partial charge in [0.25, 0.3) is 11.8 Å². The van der Waals surface area contributed by atoms with Crippen LogP contribution in [-0.2, 0) is 10.6 Å². The summed E-state index contributed by atoms with van der Waals surface area (Å²) in [4.78, 5) is 31.4. The predicted octanol–water partition coefficient (Wildman–Crippen LogP) is 7.51. The Morgan fingerprint density at radius 3 is 2.52 bits per heavy atom. The molecule has 0 saturated heterocycles. The number of fused-ring (bicyclic) bond motifs is 1. The third-order valence-corrected chi connectivity index (χ3v) is 7.42. The van der Waals surface area contributed by atoms with E-state index in [1.807, 2.05) is 22.6 Å². The van der Waals surface area contributed by atoms with Crippen molar-refractivity contribution in [3.05, 3.63) is 112 Å². The SMILES string of the molecule is C#Cc1cccc(NC(=O)c2cc3ccccc3c(Cl)c2NC(=O)c2cc(C(F)(F)F)nn2-c2ncccc2CI)c1. The molecule has 12 heteroatoms. The highest BCUT2D eigenvalue weighted by atomic mass is 127. The molecule has 0 saturated carbocycles. The highest BCUT2D eigenvalue weighted by molar-refractivity contribution is 14.1. The number of carbonyl (C=O) groups is 2. The number of terminal acetylenes is 1. The average Bonchev–Trinajstić information content (AvgIpc) is 3.45. The van der Waals surface area contributed by atoms with Gasteiger partial charge in [0.2, 0.25) is 0 Å². The largest absolute Gasteiger partial charge is 0.435 e. The number of hydrogen-bond acceptors (Lipinski definition) is 4. The maximum Gasteiger partial charge on any atom is 0.435 e. The third-order valence-electron chi connectivity index (χ3n) is 6.20. The van der Waals surface area contributed by atoms with E-state index < -0.39 is 29.4 Å². The van der Waals surface area contributed by atoms with Gasteiger partial charge >= 0.3 is 6.18 Å². The monoisotopic (exact) mass is 699 g/mol. The van der Waals surface area contributed by atoms with Crippen molar-refractivity contribution < 1.29 is 22.8 Å². The molecule has 210 valence electrons. The van der Waals surface area contributed by atoms with Gasteiger partial charge in [0.15, 0.2) is 11.5 Å². The molecule has 0 unspecified atom stereocenters. The van der Waals surface area contributed by atoms with Crippen molar-refractivity contribution in [1.82, 2.24) is 14.8 Å². The van der Waals surface area contributed by atoms with E-state index in [1.165, 1.54) is 12.3 Å². The van der Waals surface area contributed by atoms with E-state index >= 15 is 0 Å². The first kappa shape index (κ1) is 29.1. The summed E-state index contributed by atoms with van der Waals surface area (Å²) in [5.74, 6) is 0.930. The van der Waals surface area contributed by atoms with Crippen molar-refractivity contribution in [3.63, 3.8) is 0 Å². The zero-order valence-corrected chi connectivity index (χ0v) is 24.3.